The highest BCUT2D eigenvalue weighted by Crippen LogP contribution is 2.38. The summed E-state index contributed by atoms with van der Waals surface area (Å²) in [6.07, 6.45) is -3.73. The van der Waals surface area contributed by atoms with Crippen LogP contribution in [0.25, 0.3) is 16.9 Å². The summed E-state index contributed by atoms with van der Waals surface area (Å²) < 4.78 is 40.7. The topological polar surface area (TPSA) is 29.9 Å². The number of rotatable bonds is 2. The second-order valence-corrected chi connectivity index (χ2v) is 6.78. The van der Waals surface area contributed by atoms with Gasteiger partial charge in [0.15, 0.2) is 0 Å². The number of hydrogen-bond donors (Lipinski definition) is 1. The summed E-state index contributed by atoms with van der Waals surface area (Å²) in [5.74, 6) is 0.663. The molecule has 1 aromatic heterocycles. The fourth-order valence-corrected chi connectivity index (χ4v) is 3.36. The van der Waals surface area contributed by atoms with E-state index in [0.717, 1.165) is 29.7 Å². The molecule has 1 aliphatic heterocycles. The third kappa shape index (κ3) is 2.93. The van der Waals surface area contributed by atoms with Gasteiger partial charge in [-0.25, -0.2) is 4.68 Å². The molecule has 134 valence electrons. The summed E-state index contributed by atoms with van der Waals surface area (Å²) in [6, 6.07) is 10.4. The summed E-state index contributed by atoms with van der Waals surface area (Å²) in [5.41, 5.74) is 1.91. The zero-order valence-electron chi connectivity index (χ0n) is 13.2. The highest BCUT2D eigenvalue weighted by Gasteiger charge is 2.32. The van der Waals surface area contributed by atoms with Crippen LogP contribution in [0.3, 0.4) is 0 Å². The average Bonchev–Trinajstić information content (AvgIpc) is 3.18. The van der Waals surface area contributed by atoms with E-state index in [-0.39, 0.29) is 10.7 Å². The maximum atomic E-state index is 13.1. The fourth-order valence-electron chi connectivity index (χ4n) is 3.04. The SMILES string of the molecule is FC(F)(F)c1ccc(Cl)c(-n2nc(-c3ccc(Cl)cc3)c3c2NCC3)c1. The molecule has 0 unspecified atom stereocenters. The van der Waals surface area contributed by atoms with Gasteiger partial charge in [0.1, 0.15) is 5.82 Å². The molecule has 0 saturated carbocycles. The molecule has 3 aromatic rings. The minimum Gasteiger partial charge on any atom is -0.369 e. The van der Waals surface area contributed by atoms with Gasteiger partial charge in [-0.05, 0) is 36.8 Å². The number of fused-ring (bicyclic) bond motifs is 1. The van der Waals surface area contributed by atoms with Crippen molar-refractivity contribution in [2.24, 2.45) is 0 Å². The normalized spacial score (nSPS) is 13.6. The largest absolute Gasteiger partial charge is 0.416 e. The quantitative estimate of drug-likeness (QED) is 0.589. The van der Waals surface area contributed by atoms with E-state index >= 15 is 0 Å². The number of alkyl halides is 3. The second kappa shape index (κ2) is 6.21. The van der Waals surface area contributed by atoms with Crippen LogP contribution in [0.2, 0.25) is 10.0 Å². The number of hydrogen-bond acceptors (Lipinski definition) is 2. The molecule has 0 radical (unpaired) electrons. The molecule has 4 rings (SSSR count). The third-order valence-corrected chi connectivity index (χ3v) is 4.84. The first-order valence-corrected chi connectivity index (χ1v) is 8.59. The summed E-state index contributed by atoms with van der Waals surface area (Å²) in [6.45, 7) is 0.685. The van der Waals surface area contributed by atoms with Crippen molar-refractivity contribution in [1.29, 1.82) is 0 Å². The first kappa shape index (κ1) is 17.2. The van der Waals surface area contributed by atoms with E-state index in [9.17, 15) is 13.2 Å². The average molecular weight is 398 g/mol. The molecule has 0 amide bonds. The van der Waals surface area contributed by atoms with Crippen molar-refractivity contribution in [2.75, 3.05) is 11.9 Å². The maximum Gasteiger partial charge on any atom is 0.416 e. The summed E-state index contributed by atoms with van der Waals surface area (Å²) in [5, 5.41) is 8.53. The zero-order chi connectivity index (χ0) is 18.5. The van der Waals surface area contributed by atoms with Crippen molar-refractivity contribution in [2.45, 2.75) is 12.6 Å². The predicted molar refractivity (Wildman–Crippen MR) is 96.2 cm³/mol. The number of nitrogens with one attached hydrogen (secondary N) is 1. The van der Waals surface area contributed by atoms with Gasteiger partial charge in [-0.15, -0.1) is 0 Å². The molecule has 0 aliphatic carbocycles. The molecule has 1 aliphatic rings. The summed E-state index contributed by atoms with van der Waals surface area (Å²) in [7, 11) is 0. The molecule has 0 bridgehead atoms. The Balaban J connectivity index is 1.89. The molecule has 0 atom stereocenters. The molecule has 1 N–H and O–H groups in total. The van der Waals surface area contributed by atoms with Gasteiger partial charge in [0, 0.05) is 22.7 Å². The highest BCUT2D eigenvalue weighted by atomic mass is 35.5. The van der Waals surface area contributed by atoms with Gasteiger partial charge in [-0.2, -0.15) is 18.3 Å². The summed E-state index contributed by atoms with van der Waals surface area (Å²) >= 11 is 12.1. The molecule has 0 saturated heterocycles. The van der Waals surface area contributed by atoms with E-state index in [1.54, 1.807) is 12.1 Å². The second-order valence-electron chi connectivity index (χ2n) is 5.94. The molecular formula is C18H12Cl2F3N3. The molecule has 2 heterocycles. The van der Waals surface area contributed by atoms with Crippen LogP contribution in [-0.2, 0) is 12.6 Å². The van der Waals surface area contributed by atoms with Crippen LogP contribution in [0.5, 0.6) is 0 Å². The smallest absolute Gasteiger partial charge is 0.369 e. The Labute approximate surface area is 157 Å². The van der Waals surface area contributed by atoms with Gasteiger partial charge < -0.3 is 5.32 Å². The Morgan fingerprint density at radius 2 is 1.77 bits per heavy atom. The fraction of sp³-hybridized carbons (Fsp3) is 0.167. The van der Waals surface area contributed by atoms with E-state index in [1.165, 1.54) is 10.7 Å². The van der Waals surface area contributed by atoms with Crippen LogP contribution < -0.4 is 5.32 Å². The van der Waals surface area contributed by atoms with Crippen LogP contribution in [0.15, 0.2) is 42.5 Å². The lowest BCUT2D eigenvalue weighted by molar-refractivity contribution is -0.137. The summed E-state index contributed by atoms with van der Waals surface area (Å²) in [4.78, 5) is 0. The Morgan fingerprint density at radius 3 is 2.46 bits per heavy atom. The lowest BCUT2D eigenvalue weighted by Crippen LogP contribution is -2.09. The van der Waals surface area contributed by atoms with E-state index in [2.05, 4.69) is 10.4 Å². The van der Waals surface area contributed by atoms with Gasteiger partial charge in [-0.3, -0.25) is 0 Å². The van der Waals surface area contributed by atoms with Crippen molar-refractivity contribution in [3.63, 3.8) is 0 Å². The van der Waals surface area contributed by atoms with Gasteiger partial charge >= 0.3 is 6.18 Å². The molecule has 0 fully saturated rings. The van der Waals surface area contributed by atoms with Gasteiger partial charge in [-0.1, -0.05) is 35.3 Å². The van der Waals surface area contributed by atoms with Crippen LogP contribution in [0.4, 0.5) is 19.0 Å². The Bertz CT molecular complexity index is 979. The number of halogens is 5. The maximum absolute atomic E-state index is 13.1. The molecule has 8 heteroatoms. The Hall–Kier alpha value is -2.18. The lowest BCUT2D eigenvalue weighted by atomic mass is 10.1. The molecule has 2 aromatic carbocycles. The highest BCUT2D eigenvalue weighted by molar-refractivity contribution is 6.32. The number of nitrogens with zero attached hydrogens (tertiary/aromatic N) is 2. The van der Waals surface area contributed by atoms with Crippen molar-refractivity contribution >= 4 is 29.0 Å². The third-order valence-electron chi connectivity index (χ3n) is 4.27. The Kier molecular flexibility index (Phi) is 4.12. The Morgan fingerprint density at radius 1 is 1.04 bits per heavy atom. The number of aromatic nitrogens is 2. The lowest BCUT2D eigenvalue weighted by Gasteiger charge is -2.12. The first-order chi connectivity index (χ1) is 12.3. The van der Waals surface area contributed by atoms with E-state index in [4.69, 9.17) is 23.2 Å². The van der Waals surface area contributed by atoms with Crippen LogP contribution in [0, 0.1) is 0 Å². The van der Waals surface area contributed by atoms with E-state index in [0.29, 0.717) is 23.1 Å². The van der Waals surface area contributed by atoms with Gasteiger partial charge in [0.05, 0.1) is 22.0 Å². The van der Waals surface area contributed by atoms with Crippen molar-refractivity contribution in [3.05, 3.63) is 63.6 Å². The standard InChI is InChI=1S/C18H12Cl2F3N3/c19-12-4-1-10(2-5-12)16-13-7-8-24-17(13)26(25-16)15-9-11(18(21,22)23)3-6-14(15)20/h1-6,9,24H,7-8H2. The molecular weight excluding hydrogens is 386 g/mol. The minimum absolute atomic E-state index is 0.187. The number of anilines is 1. The van der Waals surface area contributed by atoms with E-state index < -0.39 is 11.7 Å². The molecule has 0 spiro atoms. The van der Waals surface area contributed by atoms with Crippen LogP contribution in [0.1, 0.15) is 11.1 Å². The van der Waals surface area contributed by atoms with Gasteiger partial charge in [0.2, 0.25) is 0 Å². The van der Waals surface area contributed by atoms with Crippen molar-refractivity contribution in [3.8, 4) is 16.9 Å². The monoisotopic (exact) mass is 397 g/mol. The van der Waals surface area contributed by atoms with Gasteiger partial charge in [0.25, 0.3) is 0 Å². The number of benzene rings is 2. The zero-order valence-corrected chi connectivity index (χ0v) is 14.8. The molecule has 3 nitrogen and oxygen atoms in total. The predicted octanol–water partition coefficient (Wildman–Crippen LogP) is 5.83. The van der Waals surface area contributed by atoms with Crippen molar-refractivity contribution < 1.29 is 13.2 Å². The van der Waals surface area contributed by atoms with E-state index in [1.807, 2.05) is 12.1 Å². The minimum atomic E-state index is -4.46. The molecule has 26 heavy (non-hydrogen) atoms. The first-order valence-electron chi connectivity index (χ1n) is 7.83. The van der Waals surface area contributed by atoms with Crippen LogP contribution >= 0.6 is 23.2 Å². The van der Waals surface area contributed by atoms with Crippen molar-refractivity contribution in [1.82, 2.24) is 9.78 Å². The van der Waals surface area contributed by atoms with Crippen LogP contribution in [-0.4, -0.2) is 16.3 Å².